The lowest BCUT2D eigenvalue weighted by Crippen LogP contribution is -2.23. The van der Waals surface area contributed by atoms with Crippen LogP contribution in [0.3, 0.4) is 0 Å². The minimum Gasteiger partial charge on any atom is -0.398 e. The Morgan fingerprint density at radius 1 is 1.31 bits per heavy atom. The molecule has 1 aromatic heterocycles. The number of pyridine rings is 1. The van der Waals surface area contributed by atoms with E-state index in [1.807, 2.05) is 24.3 Å². The van der Waals surface area contributed by atoms with E-state index in [1.165, 1.54) is 11.8 Å². The molecule has 0 aliphatic heterocycles. The van der Waals surface area contributed by atoms with E-state index in [0.29, 0.717) is 11.5 Å². The molecule has 4 nitrogen and oxygen atoms in total. The Labute approximate surface area is 93.7 Å². The normalized spacial score (nSPS) is 10.4. The molecular weight excluding hydrogens is 202 g/mol. The number of carbonyl (C=O) groups is 1. The van der Waals surface area contributed by atoms with E-state index >= 15 is 0 Å². The Kier molecular flexibility index (Phi) is 2.48. The molecule has 0 bridgehead atoms. The molecule has 2 aromatic rings. The third-order valence-corrected chi connectivity index (χ3v) is 2.57. The first-order valence-corrected chi connectivity index (χ1v) is 4.99. The van der Waals surface area contributed by atoms with Crippen molar-refractivity contribution in [1.29, 1.82) is 0 Å². The fourth-order valence-corrected chi connectivity index (χ4v) is 1.52. The van der Waals surface area contributed by atoms with Crippen molar-refractivity contribution in [1.82, 2.24) is 4.98 Å². The molecule has 82 valence electrons. The van der Waals surface area contributed by atoms with Crippen molar-refractivity contribution in [2.45, 2.75) is 6.92 Å². The van der Waals surface area contributed by atoms with Gasteiger partial charge in [-0.15, -0.1) is 0 Å². The number of rotatable bonds is 1. The summed E-state index contributed by atoms with van der Waals surface area (Å²) >= 11 is 0. The van der Waals surface area contributed by atoms with E-state index in [0.717, 1.165) is 10.9 Å². The topological polar surface area (TPSA) is 59.2 Å². The van der Waals surface area contributed by atoms with Crippen molar-refractivity contribution in [2.75, 3.05) is 17.7 Å². The summed E-state index contributed by atoms with van der Waals surface area (Å²) in [4.78, 5) is 17.1. The molecule has 16 heavy (non-hydrogen) atoms. The van der Waals surface area contributed by atoms with Gasteiger partial charge >= 0.3 is 0 Å². The number of aromatic nitrogens is 1. The van der Waals surface area contributed by atoms with Crippen LogP contribution in [0.1, 0.15) is 6.92 Å². The average Bonchev–Trinajstić information content (AvgIpc) is 2.28. The minimum absolute atomic E-state index is 0.0456. The lowest BCUT2D eigenvalue weighted by atomic mass is 10.2. The number of nitrogen functional groups attached to an aromatic ring is 1. The number of nitrogens with zero attached hydrogens (tertiary/aromatic N) is 2. The van der Waals surface area contributed by atoms with E-state index in [1.54, 1.807) is 13.1 Å². The number of benzene rings is 1. The van der Waals surface area contributed by atoms with E-state index in [2.05, 4.69) is 4.98 Å². The van der Waals surface area contributed by atoms with Crippen LogP contribution < -0.4 is 10.6 Å². The highest BCUT2D eigenvalue weighted by molar-refractivity contribution is 5.94. The van der Waals surface area contributed by atoms with E-state index in [-0.39, 0.29) is 5.91 Å². The van der Waals surface area contributed by atoms with Gasteiger partial charge in [-0.1, -0.05) is 6.07 Å². The SMILES string of the molecule is CC(=O)N(C)c1ccc2c(N)cccc2n1. The Morgan fingerprint density at radius 2 is 2.06 bits per heavy atom. The van der Waals surface area contributed by atoms with Crippen molar-refractivity contribution >= 4 is 28.3 Å². The second-order valence-corrected chi connectivity index (χ2v) is 3.66. The summed E-state index contributed by atoms with van der Waals surface area (Å²) in [6.07, 6.45) is 0. The molecule has 0 fully saturated rings. The lowest BCUT2D eigenvalue weighted by molar-refractivity contribution is -0.116. The quantitative estimate of drug-likeness (QED) is 0.738. The molecule has 0 unspecified atom stereocenters. The Bertz CT molecular complexity index is 551. The zero-order valence-corrected chi connectivity index (χ0v) is 9.27. The molecule has 0 atom stereocenters. The predicted octanol–water partition coefficient (Wildman–Crippen LogP) is 1.80. The van der Waals surface area contributed by atoms with Crippen LogP contribution in [-0.2, 0) is 4.79 Å². The second-order valence-electron chi connectivity index (χ2n) is 3.66. The Morgan fingerprint density at radius 3 is 2.75 bits per heavy atom. The van der Waals surface area contributed by atoms with Crippen molar-refractivity contribution in [3.05, 3.63) is 30.3 Å². The maximum Gasteiger partial charge on any atom is 0.224 e. The molecule has 1 amide bonds. The molecule has 0 spiro atoms. The van der Waals surface area contributed by atoms with Crippen molar-refractivity contribution < 1.29 is 4.79 Å². The first-order valence-electron chi connectivity index (χ1n) is 4.99. The van der Waals surface area contributed by atoms with Gasteiger partial charge in [-0.05, 0) is 24.3 Å². The molecule has 0 radical (unpaired) electrons. The fraction of sp³-hybridized carbons (Fsp3) is 0.167. The highest BCUT2D eigenvalue weighted by Crippen LogP contribution is 2.22. The third-order valence-electron chi connectivity index (χ3n) is 2.57. The number of hydrogen-bond acceptors (Lipinski definition) is 3. The molecule has 0 saturated heterocycles. The molecular formula is C12H13N3O. The molecule has 1 aromatic carbocycles. The largest absolute Gasteiger partial charge is 0.398 e. The van der Waals surface area contributed by atoms with Crippen LogP contribution in [0, 0.1) is 0 Å². The predicted molar refractivity (Wildman–Crippen MR) is 65.2 cm³/mol. The van der Waals surface area contributed by atoms with Gasteiger partial charge < -0.3 is 10.6 Å². The molecule has 0 aliphatic carbocycles. The van der Waals surface area contributed by atoms with Gasteiger partial charge in [-0.2, -0.15) is 0 Å². The number of amides is 1. The van der Waals surface area contributed by atoms with Gasteiger partial charge in [0, 0.05) is 25.0 Å². The number of fused-ring (bicyclic) bond motifs is 1. The smallest absolute Gasteiger partial charge is 0.224 e. The first-order chi connectivity index (χ1) is 7.59. The molecule has 0 saturated carbocycles. The Hall–Kier alpha value is -2.10. The monoisotopic (exact) mass is 215 g/mol. The number of anilines is 2. The second kappa shape index (κ2) is 3.81. The van der Waals surface area contributed by atoms with Gasteiger partial charge in [0.15, 0.2) is 0 Å². The van der Waals surface area contributed by atoms with Crippen LogP contribution in [0.15, 0.2) is 30.3 Å². The summed E-state index contributed by atoms with van der Waals surface area (Å²) < 4.78 is 0. The van der Waals surface area contributed by atoms with Crippen molar-refractivity contribution in [2.24, 2.45) is 0 Å². The summed E-state index contributed by atoms with van der Waals surface area (Å²) in [5.74, 6) is 0.585. The molecule has 0 aliphatic rings. The average molecular weight is 215 g/mol. The Balaban J connectivity index is 2.57. The van der Waals surface area contributed by atoms with Crippen molar-refractivity contribution in [3.63, 3.8) is 0 Å². The first kappa shape index (κ1) is 10.4. The van der Waals surface area contributed by atoms with Gasteiger partial charge in [-0.3, -0.25) is 4.79 Å². The van der Waals surface area contributed by atoms with Gasteiger partial charge in [-0.25, -0.2) is 4.98 Å². The molecule has 2 rings (SSSR count). The summed E-state index contributed by atoms with van der Waals surface area (Å²) in [5, 5.41) is 0.906. The van der Waals surface area contributed by atoms with Gasteiger partial charge in [0.2, 0.25) is 5.91 Å². The van der Waals surface area contributed by atoms with Crippen LogP contribution in [0.5, 0.6) is 0 Å². The molecule has 2 N–H and O–H groups in total. The van der Waals surface area contributed by atoms with Crippen LogP contribution in [0.2, 0.25) is 0 Å². The zero-order chi connectivity index (χ0) is 11.7. The maximum absolute atomic E-state index is 11.2. The van der Waals surface area contributed by atoms with Gasteiger partial charge in [0.05, 0.1) is 5.52 Å². The zero-order valence-electron chi connectivity index (χ0n) is 9.27. The van der Waals surface area contributed by atoms with E-state index in [4.69, 9.17) is 5.73 Å². The van der Waals surface area contributed by atoms with E-state index < -0.39 is 0 Å². The maximum atomic E-state index is 11.2. The van der Waals surface area contributed by atoms with Crippen LogP contribution in [-0.4, -0.2) is 17.9 Å². The van der Waals surface area contributed by atoms with E-state index in [9.17, 15) is 4.79 Å². The number of carbonyl (C=O) groups excluding carboxylic acids is 1. The highest BCUT2D eigenvalue weighted by Gasteiger charge is 2.08. The third kappa shape index (κ3) is 1.69. The van der Waals surface area contributed by atoms with Crippen LogP contribution >= 0.6 is 0 Å². The fourth-order valence-electron chi connectivity index (χ4n) is 1.52. The standard InChI is InChI=1S/C12H13N3O/c1-8(16)15(2)12-7-6-9-10(13)4-3-5-11(9)14-12/h3-7H,13H2,1-2H3. The summed E-state index contributed by atoms with van der Waals surface area (Å²) in [7, 11) is 1.70. The number of nitrogens with two attached hydrogens (primary N) is 1. The van der Waals surface area contributed by atoms with Crippen molar-refractivity contribution in [3.8, 4) is 0 Å². The van der Waals surface area contributed by atoms with Crippen LogP contribution in [0.4, 0.5) is 11.5 Å². The van der Waals surface area contributed by atoms with Crippen LogP contribution in [0.25, 0.3) is 10.9 Å². The van der Waals surface area contributed by atoms with Gasteiger partial charge in [0.1, 0.15) is 5.82 Å². The number of hydrogen-bond donors (Lipinski definition) is 1. The lowest BCUT2D eigenvalue weighted by Gasteiger charge is -2.14. The van der Waals surface area contributed by atoms with Gasteiger partial charge in [0.25, 0.3) is 0 Å². The molecule has 1 heterocycles. The minimum atomic E-state index is -0.0456. The molecule has 4 heteroatoms. The highest BCUT2D eigenvalue weighted by atomic mass is 16.2. The summed E-state index contributed by atoms with van der Waals surface area (Å²) in [6, 6.07) is 9.23. The summed E-state index contributed by atoms with van der Waals surface area (Å²) in [6.45, 7) is 1.51. The summed E-state index contributed by atoms with van der Waals surface area (Å²) in [5.41, 5.74) is 7.31.